The molecule has 2 atom stereocenters. The number of unbranched alkanes of at least 4 members (excludes halogenated alkanes) is 2. The van der Waals surface area contributed by atoms with E-state index in [1.807, 2.05) is 0 Å². The Morgan fingerprint density at radius 2 is 1.18 bits per heavy atom. The number of ether oxygens (including phenoxy) is 2. The van der Waals surface area contributed by atoms with Crippen LogP contribution >= 0.6 is 0 Å². The molecule has 0 amide bonds. The number of nitrogens with one attached hydrogen (secondary N) is 2. The van der Waals surface area contributed by atoms with Crippen molar-refractivity contribution in [3.05, 3.63) is 0 Å². The monoisotopic (exact) mass is 316 g/mol. The summed E-state index contributed by atoms with van der Waals surface area (Å²) in [5.41, 5.74) is 0. The molecule has 6 nitrogen and oxygen atoms in total. The van der Waals surface area contributed by atoms with E-state index in [0.717, 1.165) is 25.7 Å². The van der Waals surface area contributed by atoms with Crippen molar-refractivity contribution in [1.29, 1.82) is 0 Å². The lowest BCUT2D eigenvalue weighted by Gasteiger charge is -2.16. The fraction of sp³-hybridized carbons (Fsp3) is 0.875. The molecule has 0 rings (SSSR count). The second kappa shape index (κ2) is 13.5. The Bertz CT molecular complexity index is 281. The smallest absolute Gasteiger partial charge is 0.322 e. The average molecular weight is 316 g/mol. The minimum Gasteiger partial charge on any atom is -0.465 e. The van der Waals surface area contributed by atoms with Gasteiger partial charge in [0, 0.05) is 13.1 Å². The van der Waals surface area contributed by atoms with Gasteiger partial charge >= 0.3 is 11.9 Å². The van der Waals surface area contributed by atoms with Gasteiger partial charge in [-0.05, 0) is 26.7 Å². The Morgan fingerprint density at radius 3 is 1.50 bits per heavy atom. The summed E-state index contributed by atoms with van der Waals surface area (Å²) in [5.74, 6) is -0.471. The van der Waals surface area contributed by atoms with Crippen LogP contribution in [-0.4, -0.2) is 50.3 Å². The van der Waals surface area contributed by atoms with E-state index in [0.29, 0.717) is 26.3 Å². The summed E-state index contributed by atoms with van der Waals surface area (Å²) < 4.78 is 10.2. The van der Waals surface area contributed by atoms with Crippen molar-refractivity contribution in [2.75, 3.05) is 26.3 Å². The van der Waals surface area contributed by atoms with E-state index in [9.17, 15) is 9.59 Å². The van der Waals surface area contributed by atoms with Gasteiger partial charge < -0.3 is 20.1 Å². The minimum absolute atomic E-state index is 0.236. The van der Waals surface area contributed by atoms with Crippen LogP contribution in [0.15, 0.2) is 0 Å². The van der Waals surface area contributed by atoms with Crippen molar-refractivity contribution in [3.63, 3.8) is 0 Å². The molecule has 0 aromatic heterocycles. The SMILES string of the molecule is CCCCOC(=O)[C@H](C)NCCN[C@@H](C)C(=O)OCCCC. The van der Waals surface area contributed by atoms with Crippen molar-refractivity contribution < 1.29 is 19.1 Å². The largest absolute Gasteiger partial charge is 0.465 e. The maximum atomic E-state index is 11.6. The molecule has 0 aromatic rings. The zero-order valence-electron chi connectivity index (χ0n) is 14.4. The Labute approximate surface area is 134 Å². The molecule has 0 unspecified atom stereocenters. The quantitative estimate of drug-likeness (QED) is 0.397. The molecule has 0 saturated carbocycles. The van der Waals surface area contributed by atoms with E-state index in [1.165, 1.54) is 0 Å². The first-order chi connectivity index (χ1) is 10.5. The average Bonchev–Trinajstić information content (AvgIpc) is 2.51. The van der Waals surface area contributed by atoms with E-state index < -0.39 is 0 Å². The van der Waals surface area contributed by atoms with Crippen molar-refractivity contribution in [1.82, 2.24) is 10.6 Å². The van der Waals surface area contributed by atoms with Crippen LogP contribution in [-0.2, 0) is 19.1 Å². The molecule has 0 radical (unpaired) electrons. The summed E-state index contributed by atoms with van der Waals surface area (Å²) in [6, 6.07) is -0.684. The highest BCUT2D eigenvalue weighted by Crippen LogP contribution is 1.94. The van der Waals surface area contributed by atoms with Gasteiger partial charge in [0.2, 0.25) is 0 Å². The predicted octanol–water partition coefficient (Wildman–Crippen LogP) is 1.63. The summed E-state index contributed by atoms with van der Waals surface area (Å²) >= 11 is 0. The van der Waals surface area contributed by atoms with Gasteiger partial charge in [0.1, 0.15) is 12.1 Å². The summed E-state index contributed by atoms with van der Waals surface area (Å²) in [7, 11) is 0. The summed E-state index contributed by atoms with van der Waals surface area (Å²) in [6.07, 6.45) is 3.78. The third kappa shape index (κ3) is 10.6. The van der Waals surface area contributed by atoms with Crippen LogP contribution in [0, 0.1) is 0 Å². The second-order valence-corrected chi connectivity index (χ2v) is 5.39. The van der Waals surface area contributed by atoms with Gasteiger partial charge in [-0.3, -0.25) is 9.59 Å². The van der Waals surface area contributed by atoms with E-state index in [-0.39, 0.29) is 24.0 Å². The lowest BCUT2D eigenvalue weighted by molar-refractivity contribution is -0.147. The van der Waals surface area contributed by atoms with Crippen LogP contribution in [0.3, 0.4) is 0 Å². The summed E-state index contributed by atoms with van der Waals surface area (Å²) in [5, 5.41) is 6.13. The van der Waals surface area contributed by atoms with Crippen molar-refractivity contribution in [2.24, 2.45) is 0 Å². The van der Waals surface area contributed by atoms with Gasteiger partial charge in [-0.25, -0.2) is 0 Å². The maximum Gasteiger partial charge on any atom is 0.322 e. The fourth-order valence-corrected chi connectivity index (χ4v) is 1.63. The molecule has 0 saturated heterocycles. The third-order valence-electron chi connectivity index (χ3n) is 3.22. The second-order valence-electron chi connectivity index (χ2n) is 5.39. The van der Waals surface area contributed by atoms with E-state index in [2.05, 4.69) is 24.5 Å². The van der Waals surface area contributed by atoms with Crippen LogP contribution in [0.2, 0.25) is 0 Å². The standard InChI is InChI=1S/C16H32N2O4/c1-5-7-11-21-15(19)13(3)17-9-10-18-14(4)16(20)22-12-8-6-2/h13-14,17-18H,5-12H2,1-4H3/t13-,14-/m0/s1. The first kappa shape index (κ1) is 20.9. The van der Waals surface area contributed by atoms with Crippen LogP contribution in [0.25, 0.3) is 0 Å². The molecule has 0 aliphatic heterocycles. The number of hydrogen-bond acceptors (Lipinski definition) is 6. The van der Waals surface area contributed by atoms with Crippen LogP contribution < -0.4 is 10.6 Å². The number of hydrogen-bond donors (Lipinski definition) is 2. The normalized spacial score (nSPS) is 13.5. The zero-order valence-corrected chi connectivity index (χ0v) is 14.4. The molecule has 0 spiro atoms. The highest BCUT2D eigenvalue weighted by molar-refractivity contribution is 5.75. The first-order valence-corrected chi connectivity index (χ1v) is 8.32. The topological polar surface area (TPSA) is 76.7 Å². The highest BCUT2D eigenvalue weighted by Gasteiger charge is 2.15. The number of esters is 2. The van der Waals surface area contributed by atoms with Crippen LogP contribution in [0.1, 0.15) is 53.4 Å². The molecule has 0 aromatic carbocycles. The molecule has 0 aliphatic rings. The molecule has 0 fully saturated rings. The van der Waals surface area contributed by atoms with Crippen LogP contribution in [0.5, 0.6) is 0 Å². The number of carbonyl (C=O) groups is 2. The number of rotatable bonds is 13. The van der Waals surface area contributed by atoms with Gasteiger partial charge in [0.15, 0.2) is 0 Å². The van der Waals surface area contributed by atoms with Gasteiger partial charge in [0.25, 0.3) is 0 Å². The predicted molar refractivity (Wildman–Crippen MR) is 86.7 cm³/mol. The van der Waals surface area contributed by atoms with Gasteiger partial charge in [0.05, 0.1) is 13.2 Å². The van der Waals surface area contributed by atoms with E-state index >= 15 is 0 Å². The highest BCUT2D eigenvalue weighted by atomic mass is 16.5. The third-order valence-corrected chi connectivity index (χ3v) is 3.22. The summed E-state index contributed by atoms with van der Waals surface area (Å²) in [6.45, 7) is 9.76. The minimum atomic E-state index is -0.342. The lowest BCUT2D eigenvalue weighted by Crippen LogP contribution is -2.43. The first-order valence-electron chi connectivity index (χ1n) is 8.32. The Kier molecular flexibility index (Phi) is 12.8. The molecule has 0 bridgehead atoms. The molecular formula is C16H32N2O4. The molecule has 6 heteroatoms. The van der Waals surface area contributed by atoms with Crippen LogP contribution in [0.4, 0.5) is 0 Å². The molecule has 130 valence electrons. The van der Waals surface area contributed by atoms with Gasteiger partial charge in [-0.2, -0.15) is 0 Å². The van der Waals surface area contributed by atoms with E-state index in [1.54, 1.807) is 13.8 Å². The van der Waals surface area contributed by atoms with Gasteiger partial charge in [-0.15, -0.1) is 0 Å². The molecular weight excluding hydrogens is 284 g/mol. The number of carbonyl (C=O) groups excluding carboxylic acids is 2. The van der Waals surface area contributed by atoms with E-state index in [4.69, 9.17) is 9.47 Å². The lowest BCUT2D eigenvalue weighted by atomic mass is 10.3. The molecule has 0 heterocycles. The molecule has 2 N–H and O–H groups in total. The van der Waals surface area contributed by atoms with Crippen molar-refractivity contribution in [2.45, 2.75) is 65.5 Å². The molecule has 22 heavy (non-hydrogen) atoms. The Balaban J connectivity index is 3.69. The maximum absolute atomic E-state index is 11.6. The zero-order chi connectivity index (χ0) is 16.8. The Morgan fingerprint density at radius 1 is 0.818 bits per heavy atom. The van der Waals surface area contributed by atoms with Crippen molar-refractivity contribution in [3.8, 4) is 0 Å². The fourth-order valence-electron chi connectivity index (χ4n) is 1.63. The summed E-state index contributed by atoms with van der Waals surface area (Å²) in [4.78, 5) is 23.2. The Hall–Kier alpha value is -1.14. The van der Waals surface area contributed by atoms with Gasteiger partial charge in [-0.1, -0.05) is 26.7 Å². The molecule has 0 aliphatic carbocycles. The van der Waals surface area contributed by atoms with Crippen molar-refractivity contribution >= 4 is 11.9 Å².